The minimum absolute atomic E-state index is 0.0346. The molecule has 1 aromatic heterocycles. The molecule has 1 heterocycles. The van der Waals surface area contributed by atoms with Crippen LogP contribution in [0.15, 0.2) is 24.4 Å². The molecule has 0 aliphatic rings. The molecule has 0 bridgehead atoms. The molecular weight excluding hydrogens is 217 g/mol. The first-order valence-corrected chi connectivity index (χ1v) is 4.73. The third-order valence-electron chi connectivity index (χ3n) is 2.04. The maximum atomic E-state index is 13.0. The molecule has 0 atom stereocenters. The van der Waals surface area contributed by atoms with Gasteiger partial charge in [-0.25, -0.2) is 9.07 Å². The van der Waals surface area contributed by atoms with Crippen molar-refractivity contribution >= 4 is 17.3 Å². The molecule has 0 saturated heterocycles. The van der Waals surface area contributed by atoms with E-state index < -0.39 is 5.82 Å². The lowest BCUT2D eigenvalue weighted by atomic mass is 10.2. The van der Waals surface area contributed by atoms with Gasteiger partial charge in [0.15, 0.2) is 0 Å². The molecule has 2 aromatic rings. The number of aromatic nitrogens is 2. The lowest BCUT2D eigenvalue weighted by molar-refractivity contribution is 0.628. The molecular formula is C10H9ClFN3. The van der Waals surface area contributed by atoms with Gasteiger partial charge in [-0.15, -0.1) is 0 Å². The van der Waals surface area contributed by atoms with Crippen molar-refractivity contribution in [1.82, 2.24) is 9.78 Å². The van der Waals surface area contributed by atoms with Gasteiger partial charge in [-0.05, 0) is 19.1 Å². The second kappa shape index (κ2) is 3.55. The van der Waals surface area contributed by atoms with E-state index in [1.165, 1.54) is 12.1 Å². The fourth-order valence-electron chi connectivity index (χ4n) is 1.30. The first-order valence-electron chi connectivity index (χ1n) is 4.35. The van der Waals surface area contributed by atoms with Gasteiger partial charge in [-0.2, -0.15) is 5.10 Å². The third-order valence-corrected chi connectivity index (χ3v) is 2.33. The third kappa shape index (κ3) is 1.80. The Morgan fingerprint density at radius 2 is 2.20 bits per heavy atom. The Bertz CT molecular complexity index is 507. The van der Waals surface area contributed by atoms with Gasteiger partial charge in [0.05, 0.1) is 22.1 Å². The van der Waals surface area contributed by atoms with Gasteiger partial charge in [-0.3, -0.25) is 0 Å². The lowest BCUT2D eigenvalue weighted by Crippen LogP contribution is -2.01. The molecule has 0 radical (unpaired) electrons. The number of hydrogen-bond donors (Lipinski definition) is 1. The van der Waals surface area contributed by atoms with Gasteiger partial charge in [-0.1, -0.05) is 11.6 Å². The first kappa shape index (κ1) is 9.98. The van der Waals surface area contributed by atoms with E-state index in [4.69, 9.17) is 17.3 Å². The summed E-state index contributed by atoms with van der Waals surface area (Å²) in [5.41, 5.74) is 7.41. The number of aryl methyl sites for hydroxylation is 1. The standard InChI is InChI=1S/C10H9ClFN3/c1-6-2-3-15(14-6)10-4-7(11)8(12)5-9(10)13/h2-5H,13H2,1H3. The van der Waals surface area contributed by atoms with E-state index >= 15 is 0 Å². The van der Waals surface area contributed by atoms with Crippen LogP contribution in [0.3, 0.4) is 0 Å². The van der Waals surface area contributed by atoms with Crippen molar-refractivity contribution in [3.63, 3.8) is 0 Å². The molecule has 15 heavy (non-hydrogen) atoms. The smallest absolute Gasteiger partial charge is 0.143 e. The SMILES string of the molecule is Cc1ccn(-c2cc(Cl)c(F)cc2N)n1. The van der Waals surface area contributed by atoms with Crippen molar-refractivity contribution in [3.8, 4) is 5.69 Å². The zero-order valence-electron chi connectivity index (χ0n) is 8.04. The molecule has 3 nitrogen and oxygen atoms in total. The summed E-state index contributed by atoms with van der Waals surface area (Å²) in [5, 5.41) is 4.20. The lowest BCUT2D eigenvalue weighted by Gasteiger charge is -2.06. The summed E-state index contributed by atoms with van der Waals surface area (Å²) in [6, 6.07) is 4.48. The monoisotopic (exact) mass is 225 g/mol. The van der Waals surface area contributed by atoms with Gasteiger partial charge in [0, 0.05) is 12.3 Å². The van der Waals surface area contributed by atoms with E-state index in [-0.39, 0.29) is 5.02 Å². The summed E-state index contributed by atoms with van der Waals surface area (Å²) >= 11 is 5.67. The Morgan fingerprint density at radius 3 is 2.80 bits per heavy atom. The molecule has 0 fully saturated rings. The maximum absolute atomic E-state index is 13.0. The van der Waals surface area contributed by atoms with Crippen molar-refractivity contribution < 1.29 is 4.39 Å². The molecule has 0 saturated carbocycles. The summed E-state index contributed by atoms with van der Waals surface area (Å²) in [6.07, 6.45) is 1.75. The Balaban J connectivity index is 2.58. The number of nitrogens with zero attached hydrogens (tertiary/aromatic N) is 2. The highest BCUT2D eigenvalue weighted by Crippen LogP contribution is 2.24. The van der Waals surface area contributed by atoms with Crippen LogP contribution in [0.5, 0.6) is 0 Å². The molecule has 1 aromatic carbocycles. The van der Waals surface area contributed by atoms with E-state index in [0.717, 1.165) is 5.69 Å². The minimum atomic E-state index is -0.526. The minimum Gasteiger partial charge on any atom is -0.397 e. The Labute approximate surface area is 91.3 Å². The fourth-order valence-corrected chi connectivity index (χ4v) is 1.46. The highest BCUT2D eigenvalue weighted by molar-refractivity contribution is 6.31. The summed E-state index contributed by atoms with van der Waals surface area (Å²) in [4.78, 5) is 0. The van der Waals surface area contributed by atoms with E-state index in [1.54, 1.807) is 10.9 Å². The number of nitrogens with two attached hydrogens (primary N) is 1. The summed E-state index contributed by atoms with van der Waals surface area (Å²) in [6.45, 7) is 1.86. The predicted octanol–water partition coefficient (Wildman–Crippen LogP) is 2.56. The second-order valence-electron chi connectivity index (χ2n) is 3.23. The number of nitrogen functional groups attached to an aromatic ring is 1. The molecule has 2 rings (SSSR count). The van der Waals surface area contributed by atoms with Gasteiger partial charge >= 0.3 is 0 Å². The average Bonchev–Trinajstić information content (AvgIpc) is 2.58. The van der Waals surface area contributed by atoms with Crippen LogP contribution in [0.1, 0.15) is 5.69 Å². The van der Waals surface area contributed by atoms with Crippen LogP contribution in [-0.2, 0) is 0 Å². The molecule has 0 spiro atoms. The Morgan fingerprint density at radius 1 is 1.47 bits per heavy atom. The normalized spacial score (nSPS) is 10.6. The Kier molecular flexibility index (Phi) is 2.36. The van der Waals surface area contributed by atoms with Gasteiger partial charge in [0.1, 0.15) is 5.82 Å². The van der Waals surface area contributed by atoms with Crippen molar-refractivity contribution in [2.75, 3.05) is 5.73 Å². The molecule has 78 valence electrons. The summed E-state index contributed by atoms with van der Waals surface area (Å²) in [7, 11) is 0. The topological polar surface area (TPSA) is 43.8 Å². The maximum Gasteiger partial charge on any atom is 0.143 e. The van der Waals surface area contributed by atoms with Gasteiger partial charge in [0.2, 0.25) is 0 Å². The quantitative estimate of drug-likeness (QED) is 0.758. The first-order chi connectivity index (χ1) is 7.08. The van der Waals surface area contributed by atoms with E-state index in [0.29, 0.717) is 11.4 Å². The fraction of sp³-hybridized carbons (Fsp3) is 0.100. The second-order valence-corrected chi connectivity index (χ2v) is 3.63. The average molecular weight is 226 g/mol. The highest BCUT2D eigenvalue weighted by atomic mass is 35.5. The molecule has 2 N–H and O–H groups in total. The largest absolute Gasteiger partial charge is 0.397 e. The molecule has 0 amide bonds. The van der Waals surface area contributed by atoms with Crippen LogP contribution in [0.4, 0.5) is 10.1 Å². The molecule has 0 aliphatic carbocycles. The molecule has 0 unspecified atom stereocenters. The number of rotatable bonds is 1. The number of anilines is 1. The van der Waals surface area contributed by atoms with Crippen LogP contribution in [0.2, 0.25) is 5.02 Å². The van der Waals surface area contributed by atoms with Crippen molar-refractivity contribution in [1.29, 1.82) is 0 Å². The van der Waals surface area contributed by atoms with Gasteiger partial charge < -0.3 is 5.73 Å². The summed E-state index contributed by atoms with van der Waals surface area (Å²) < 4.78 is 14.6. The molecule has 0 aliphatic heterocycles. The zero-order chi connectivity index (χ0) is 11.0. The number of halogens is 2. The highest BCUT2D eigenvalue weighted by Gasteiger charge is 2.08. The number of benzene rings is 1. The van der Waals surface area contributed by atoms with Crippen LogP contribution in [-0.4, -0.2) is 9.78 Å². The van der Waals surface area contributed by atoms with E-state index in [9.17, 15) is 4.39 Å². The Hall–Kier alpha value is -1.55. The van der Waals surface area contributed by atoms with Crippen LogP contribution in [0, 0.1) is 12.7 Å². The van der Waals surface area contributed by atoms with Gasteiger partial charge in [0.25, 0.3) is 0 Å². The van der Waals surface area contributed by atoms with Crippen molar-refractivity contribution in [2.45, 2.75) is 6.92 Å². The van der Waals surface area contributed by atoms with E-state index in [1.807, 2.05) is 13.0 Å². The number of hydrogen-bond acceptors (Lipinski definition) is 2. The molecule has 5 heteroatoms. The summed E-state index contributed by atoms with van der Waals surface area (Å²) in [5.74, 6) is -0.526. The van der Waals surface area contributed by atoms with Crippen molar-refractivity contribution in [2.24, 2.45) is 0 Å². The zero-order valence-corrected chi connectivity index (χ0v) is 8.79. The van der Waals surface area contributed by atoms with E-state index in [2.05, 4.69) is 5.10 Å². The van der Waals surface area contributed by atoms with Crippen LogP contribution < -0.4 is 5.73 Å². The van der Waals surface area contributed by atoms with Crippen LogP contribution >= 0.6 is 11.6 Å². The predicted molar refractivity (Wildman–Crippen MR) is 57.7 cm³/mol. The van der Waals surface area contributed by atoms with Crippen molar-refractivity contribution in [3.05, 3.63) is 40.9 Å². The van der Waals surface area contributed by atoms with Crippen LogP contribution in [0.25, 0.3) is 5.69 Å².